The number of carbonyl (C=O) groups excluding carboxylic acids is 1. The van der Waals surface area contributed by atoms with E-state index in [1.165, 1.54) is 12.1 Å². The first-order valence-corrected chi connectivity index (χ1v) is 8.74. The topological polar surface area (TPSA) is 55.6 Å². The van der Waals surface area contributed by atoms with Gasteiger partial charge >= 0.3 is 6.18 Å². The van der Waals surface area contributed by atoms with E-state index in [1.54, 1.807) is 11.0 Å². The summed E-state index contributed by atoms with van der Waals surface area (Å²) in [5.74, 6) is -0.211. The van der Waals surface area contributed by atoms with Gasteiger partial charge in [0.1, 0.15) is 6.10 Å². The zero-order chi connectivity index (χ0) is 18.0. The van der Waals surface area contributed by atoms with Crippen molar-refractivity contribution in [3.63, 3.8) is 0 Å². The molecule has 1 aromatic rings. The highest BCUT2D eigenvalue weighted by Crippen LogP contribution is 2.40. The second-order valence-corrected chi connectivity index (χ2v) is 6.69. The summed E-state index contributed by atoms with van der Waals surface area (Å²) >= 11 is 0. The minimum Gasteiger partial charge on any atom is -0.364 e. The number of nitrogens with zero attached hydrogens (tertiary/aromatic N) is 1. The molecule has 26 heavy (non-hydrogen) atoms. The molecule has 1 amide bonds. The fourth-order valence-electron chi connectivity index (χ4n) is 3.81. The predicted molar refractivity (Wildman–Crippen MR) is 93.9 cm³/mol. The van der Waals surface area contributed by atoms with Crippen molar-refractivity contribution in [3.05, 3.63) is 35.4 Å². The van der Waals surface area contributed by atoms with Crippen molar-refractivity contribution in [1.82, 2.24) is 4.90 Å². The number of piperidine rings is 1. The third-order valence-electron chi connectivity index (χ3n) is 5.06. The van der Waals surface area contributed by atoms with E-state index < -0.39 is 23.9 Å². The van der Waals surface area contributed by atoms with E-state index in [0.29, 0.717) is 32.4 Å². The average molecular weight is 393 g/mol. The van der Waals surface area contributed by atoms with Gasteiger partial charge in [0.15, 0.2) is 0 Å². The van der Waals surface area contributed by atoms with E-state index in [0.717, 1.165) is 18.9 Å². The van der Waals surface area contributed by atoms with Gasteiger partial charge in [0.25, 0.3) is 5.91 Å². The van der Waals surface area contributed by atoms with Gasteiger partial charge < -0.3 is 15.4 Å². The van der Waals surface area contributed by atoms with Crippen LogP contribution in [-0.4, -0.2) is 36.1 Å². The Morgan fingerprint density at radius 2 is 1.92 bits per heavy atom. The molecule has 1 aromatic carbocycles. The molecule has 2 fully saturated rings. The number of benzene rings is 1. The van der Waals surface area contributed by atoms with Crippen molar-refractivity contribution in [2.45, 2.75) is 56.5 Å². The lowest BCUT2D eigenvalue weighted by Gasteiger charge is -2.38. The first kappa shape index (κ1) is 21.0. The summed E-state index contributed by atoms with van der Waals surface area (Å²) in [5, 5.41) is 0. The largest absolute Gasteiger partial charge is 0.416 e. The minimum absolute atomic E-state index is 0. The molecule has 3 rings (SSSR count). The Morgan fingerprint density at radius 3 is 2.58 bits per heavy atom. The number of rotatable bonds is 3. The van der Waals surface area contributed by atoms with Crippen LogP contribution in [0, 0.1) is 0 Å². The van der Waals surface area contributed by atoms with Crippen LogP contribution in [0.25, 0.3) is 0 Å². The van der Waals surface area contributed by atoms with Gasteiger partial charge in [0.2, 0.25) is 0 Å². The molecule has 2 aliphatic heterocycles. The molecule has 1 unspecified atom stereocenters. The van der Waals surface area contributed by atoms with Crippen LogP contribution in [0.3, 0.4) is 0 Å². The number of hydrogen-bond acceptors (Lipinski definition) is 3. The Balaban J connectivity index is 0.00000243. The van der Waals surface area contributed by atoms with Crippen LogP contribution in [0.1, 0.15) is 49.3 Å². The molecule has 0 saturated carbocycles. The lowest BCUT2D eigenvalue weighted by Crippen LogP contribution is -2.44. The first-order valence-electron chi connectivity index (χ1n) is 8.74. The summed E-state index contributed by atoms with van der Waals surface area (Å²) in [7, 11) is 0. The van der Waals surface area contributed by atoms with E-state index >= 15 is 0 Å². The van der Waals surface area contributed by atoms with Crippen LogP contribution in [0.15, 0.2) is 24.3 Å². The highest BCUT2D eigenvalue weighted by molar-refractivity contribution is 5.85. The van der Waals surface area contributed by atoms with Crippen molar-refractivity contribution in [3.8, 4) is 0 Å². The van der Waals surface area contributed by atoms with E-state index in [4.69, 9.17) is 10.5 Å². The van der Waals surface area contributed by atoms with Crippen LogP contribution < -0.4 is 5.73 Å². The van der Waals surface area contributed by atoms with E-state index in [-0.39, 0.29) is 30.0 Å². The van der Waals surface area contributed by atoms with Gasteiger partial charge in [-0.15, -0.1) is 12.4 Å². The fourth-order valence-corrected chi connectivity index (χ4v) is 3.81. The van der Waals surface area contributed by atoms with Crippen molar-refractivity contribution in [2.75, 3.05) is 13.1 Å². The number of carbonyl (C=O) groups is 1. The number of ether oxygens (including phenoxy) is 1. The smallest absolute Gasteiger partial charge is 0.364 e. The molecule has 4 nitrogen and oxygen atoms in total. The van der Waals surface area contributed by atoms with Gasteiger partial charge in [0.05, 0.1) is 17.7 Å². The monoisotopic (exact) mass is 392 g/mol. The molecular formula is C18H24ClF3N2O2. The summed E-state index contributed by atoms with van der Waals surface area (Å²) in [4.78, 5) is 14.5. The van der Waals surface area contributed by atoms with E-state index in [1.807, 2.05) is 0 Å². The van der Waals surface area contributed by atoms with Gasteiger partial charge in [-0.3, -0.25) is 4.79 Å². The van der Waals surface area contributed by atoms with E-state index in [2.05, 4.69) is 0 Å². The molecule has 8 heteroatoms. The Kier molecular flexibility index (Phi) is 6.93. The third kappa shape index (κ3) is 4.32. The van der Waals surface area contributed by atoms with Crippen LogP contribution in [-0.2, 0) is 15.7 Å². The average Bonchev–Trinajstić information content (AvgIpc) is 3.09. The Bertz CT molecular complexity index is 627. The molecule has 2 saturated heterocycles. The maximum Gasteiger partial charge on any atom is 0.416 e. The first-order chi connectivity index (χ1) is 11.9. The maximum absolute atomic E-state index is 13.4. The van der Waals surface area contributed by atoms with Crippen molar-refractivity contribution in [1.29, 1.82) is 0 Å². The second kappa shape index (κ2) is 8.59. The molecular weight excluding hydrogens is 369 g/mol. The quantitative estimate of drug-likeness (QED) is 0.853. The summed E-state index contributed by atoms with van der Waals surface area (Å²) in [5.41, 5.74) is 5.10. The number of amides is 1. The molecule has 3 atom stereocenters. The summed E-state index contributed by atoms with van der Waals surface area (Å²) in [6.07, 6.45) is -1.74. The molecule has 2 N–H and O–H groups in total. The van der Waals surface area contributed by atoms with Gasteiger partial charge in [-0.05, 0) is 43.7 Å². The van der Waals surface area contributed by atoms with Crippen LogP contribution in [0.2, 0.25) is 0 Å². The Labute approximate surface area is 157 Å². The Hall–Kier alpha value is -1.31. The van der Waals surface area contributed by atoms with Gasteiger partial charge in [-0.1, -0.05) is 18.2 Å². The molecule has 2 heterocycles. The highest BCUT2D eigenvalue weighted by Gasteiger charge is 2.40. The Morgan fingerprint density at radius 1 is 1.19 bits per heavy atom. The SMILES string of the molecule is Cl.NC[C@H]1CC[C@@H](C(=O)N2CCCCC2c2ccccc2C(F)(F)F)O1. The van der Waals surface area contributed by atoms with E-state index in [9.17, 15) is 18.0 Å². The number of alkyl halides is 3. The number of nitrogens with two attached hydrogens (primary N) is 1. The molecule has 146 valence electrons. The second-order valence-electron chi connectivity index (χ2n) is 6.69. The summed E-state index contributed by atoms with van der Waals surface area (Å²) in [6.45, 7) is 0.812. The number of likely N-dealkylation sites (tertiary alicyclic amines) is 1. The van der Waals surface area contributed by atoms with Gasteiger partial charge in [-0.25, -0.2) is 0 Å². The molecule has 0 aliphatic carbocycles. The zero-order valence-corrected chi connectivity index (χ0v) is 15.2. The summed E-state index contributed by atoms with van der Waals surface area (Å²) < 4.78 is 45.8. The lowest BCUT2D eigenvalue weighted by atomic mass is 9.91. The number of hydrogen-bond donors (Lipinski definition) is 1. The molecule has 0 spiro atoms. The van der Waals surface area contributed by atoms with Crippen molar-refractivity contribution in [2.24, 2.45) is 5.73 Å². The summed E-state index contributed by atoms with van der Waals surface area (Å²) in [6, 6.07) is 4.99. The van der Waals surface area contributed by atoms with Gasteiger partial charge in [-0.2, -0.15) is 13.2 Å². The predicted octanol–water partition coefficient (Wildman–Crippen LogP) is 3.69. The van der Waals surface area contributed by atoms with Crippen LogP contribution in [0.5, 0.6) is 0 Å². The highest BCUT2D eigenvalue weighted by atomic mass is 35.5. The van der Waals surface area contributed by atoms with Crippen molar-refractivity contribution >= 4 is 18.3 Å². The van der Waals surface area contributed by atoms with Gasteiger partial charge in [0, 0.05) is 13.1 Å². The fraction of sp³-hybridized carbons (Fsp3) is 0.611. The minimum atomic E-state index is -4.43. The number of halogens is 4. The maximum atomic E-state index is 13.4. The van der Waals surface area contributed by atoms with Crippen molar-refractivity contribution < 1.29 is 22.7 Å². The lowest BCUT2D eigenvalue weighted by molar-refractivity contribution is -0.148. The molecule has 2 aliphatic rings. The zero-order valence-electron chi connectivity index (χ0n) is 14.4. The normalized spacial score (nSPS) is 26.5. The third-order valence-corrected chi connectivity index (χ3v) is 5.06. The molecule has 0 aromatic heterocycles. The molecule has 0 bridgehead atoms. The molecule has 0 radical (unpaired) electrons. The van der Waals surface area contributed by atoms with Crippen LogP contribution in [0.4, 0.5) is 13.2 Å². The standard InChI is InChI=1S/C18H23F3N2O2.ClH/c19-18(20,21)14-6-2-1-5-13(14)15-7-3-4-10-23(15)17(24)16-9-8-12(11-22)25-16;/h1-2,5-6,12,15-16H,3-4,7-11,22H2;1H/t12-,15?,16+;/m1./s1. The van der Waals surface area contributed by atoms with Crippen LogP contribution >= 0.6 is 12.4 Å².